The lowest BCUT2D eigenvalue weighted by Crippen LogP contribution is -2.34. The highest BCUT2D eigenvalue weighted by atomic mass is 16.4. The highest BCUT2D eigenvalue weighted by Gasteiger charge is 2.01. The summed E-state index contributed by atoms with van der Waals surface area (Å²) in [5.74, 6) is 4.51. The van der Waals surface area contributed by atoms with E-state index in [1.165, 1.54) is 5.01 Å². The lowest BCUT2D eigenvalue weighted by molar-refractivity contribution is -0.137. The minimum atomic E-state index is -0.857. The van der Waals surface area contributed by atoms with Gasteiger partial charge in [0.05, 0.1) is 6.42 Å². The first-order valence-electron chi connectivity index (χ1n) is 3.49. The van der Waals surface area contributed by atoms with Crippen molar-refractivity contribution in [3.05, 3.63) is 0 Å². The van der Waals surface area contributed by atoms with Crippen molar-refractivity contribution >= 4 is 5.97 Å². The van der Waals surface area contributed by atoms with Crippen LogP contribution in [0.25, 0.3) is 0 Å². The maximum absolute atomic E-state index is 10.0. The molecule has 0 radical (unpaired) electrons. The van der Waals surface area contributed by atoms with Gasteiger partial charge in [-0.2, -0.15) is 0 Å². The second kappa shape index (κ2) is 6.09. The fourth-order valence-electron chi connectivity index (χ4n) is 0.625. The number of aliphatic carboxylic acids is 1. The summed E-state index contributed by atoms with van der Waals surface area (Å²) in [7, 11) is 0. The molecule has 0 amide bonds. The molecular formula is C6H14N2O3. The Kier molecular flexibility index (Phi) is 5.73. The molecule has 0 aliphatic carbocycles. The van der Waals surface area contributed by atoms with Crippen molar-refractivity contribution in [2.24, 2.45) is 5.84 Å². The zero-order valence-electron chi connectivity index (χ0n) is 6.36. The van der Waals surface area contributed by atoms with E-state index in [0.717, 1.165) is 0 Å². The van der Waals surface area contributed by atoms with Gasteiger partial charge in [-0.3, -0.25) is 10.6 Å². The summed E-state index contributed by atoms with van der Waals surface area (Å²) in [6.07, 6.45) is 0.623. The molecule has 5 nitrogen and oxygen atoms in total. The van der Waals surface area contributed by atoms with E-state index in [0.29, 0.717) is 19.5 Å². The molecular weight excluding hydrogens is 148 g/mol. The predicted octanol–water partition coefficient (Wildman–Crippen LogP) is -0.981. The van der Waals surface area contributed by atoms with E-state index in [9.17, 15) is 4.79 Å². The fraction of sp³-hybridized carbons (Fsp3) is 0.833. The first-order valence-corrected chi connectivity index (χ1v) is 3.49. The van der Waals surface area contributed by atoms with Crippen molar-refractivity contribution in [1.82, 2.24) is 5.01 Å². The minimum Gasteiger partial charge on any atom is -0.481 e. The molecule has 11 heavy (non-hydrogen) atoms. The number of carbonyl (C=O) groups is 1. The fourth-order valence-corrected chi connectivity index (χ4v) is 0.625. The van der Waals surface area contributed by atoms with Gasteiger partial charge in [-0.05, 0) is 6.42 Å². The van der Waals surface area contributed by atoms with Crippen molar-refractivity contribution in [2.45, 2.75) is 12.8 Å². The first-order chi connectivity index (χ1) is 5.16. The second-order valence-electron chi connectivity index (χ2n) is 2.26. The van der Waals surface area contributed by atoms with E-state index >= 15 is 0 Å². The van der Waals surface area contributed by atoms with Gasteiger partial charge in [-0.25, -0.2) is 5.01 Å². The van der Waals surface area contributed by atoms with Crippen LogP contribution < -0.4 is 5.84 Å². The maximum atomic E-state index is 10.0. The van der Waals surface area contributed by atoms with Crippen molar-refractivity contribution in [1.29, 1.82) is 0 Å². The number of hydrogen-bond acceptors (Lipinski definition) is 4. The van der Waals surface area contributed by atoms with Crippen molar-refractivity contribution in [3.63, 3.8) is 0 Å². The molecule has 0 heterocycles. The number of rotatable bonds is 6. The monoisotopic (exact) mass is 162 g/mol. The van der Waals surface area contributed by atoms with Crippen molar-refractivity contribution in [3.8, 4) is 0 Å². The zero-order chi connectivity index (χ0) is 8.69. The van der Waals surface area contributed by atoms with Crippen LogP contribution in [0.5, 0.6) is 0 Å². The van der Waals surface area contributed by atoms with Crippen LogP contribution in [0.15, 0.2) is 0 Å². The summed E-state index contributed by atoms with van der Waals surface area (Å²) in [4.78, 5) is 10.0. The molecule has 0 unspecified atom stereocenters. The Morgan fingerprint density at radius 1 is 1.45 bits per heavy atom. The van der Waals surface area contributed by atoms with Crippen LogP contribution in [-0.2, 0) is 4.79 Å². The lowest BCUT2D eigenvalue weighted by Gasteiger charge is -2.13. The summed E-state index contributed by atoms with van der Waals surface area (Å²) in [5, 5.41) is 18.0. The van der Waals surface area contributed by atoms with Gasteiger partial charge >= 0.3 is 5.97 Å². The SMILES string of the molecule is NN(CCCO)CCC(=O)O. The van der Waals surface area contributed by atoms with Gasteiger partial charge < -0.3 is 10.2 Å². The first kappa shape index (κ1) is 10.3. The second-order valence-corrected chi connectivity index (χ2v) is 2.26. The molecule has 0 saturated heterocycles. The number of hydrazine groups is 1. The largest absolute Gasteiger partial charge is 0.481 e. The molecule has 0 fully saturated rings. The van der Waals surface area contributed by atoms with Crippen molar-refractivity contribution in [2.75, 3.05) is 19.7 Å². The van der Waals surface area contributed by atoms with Crippen LogP contribution in [0.4, 0.5) is 0 Å². The number of carboxylic acid groups (broad SMARTS) is 1. The normalized spacial score (nSPS) is 10.5. The molecule has 0 aliphatic rings. The Hall–Kier alpha value is -0.650. The standard InChI is InChI=1S/C6H14N2O3/c7-8(3-1-5-9)4-2-6(10)11/h9H,1-5,7H2,(H,10,11). The van der Waals surface area contributed by atoms with Crippen molar-refractivity contribution < 1.29 is 15.0 Å². The Morgan fingerprint density at radius 3 is 2.55 bits per heavy atom. The summed E-state index contributed by atoms with van der Waals surface area (Å²) < 4.78 is 0. The van der Waals surface area contributed by atoms with Crippen LogP contribution in [0, 0.1) is 0 Å². The van der Waals surface area contributed by atoms with E-state index in [4.69, 9.17) is 16.1 Å². The van der Waals surface area contributed by atoms with Gasteiger partial charge in [0, 0.05) is 19.7 Å². The number of aliphatic hydroxyl groups is 1. The van der Waals surface area contributed by atoms with E-state index < -0.39 is 5.97 Å². The average Bonchev–Trinajstić information content (AvgIpc) is 1.97. The zero-order valence-corrected chi connectivity index (χ0v) is 6.36. The molecule has 0 bridgehead atoms. The van der Waals surface area contributed by atoms with Gasteiger partial charge in [0.15, 0.2) is 0 Å². The van der Waals surface area contributed by atoms with Gasteiger partial charge in [0.1, 0.15) is 0 Å². The average molecular weight is 162 g/mol. The maximum Gasteiger partial charge on any atom is 0.304 e. The van der Waals surface area contributed by atoms with Crippen LogP contribution in [-0.4, -0.2) is 40.9 Å². The van der Waals surface area contributed by atoms with Gasteiger partial charge in [0.2, 0.25) is 0 Å². The summed E-state index contributed by atoms with van der Waals surface area (Å²) in [6, 6.07) is 0. The molecule has 0 atom stereocenters. The van der Waals surface area contributed by atoms with E-state index in [-0.39, 0.29) is 13.0 Å². The summed E-state index contributed by atoms with van der Waals surface area (Å²) in [6.45, 7) is 0.944. The number of aliphatic hydroxyl groups excluding tert-OH is 1. The smallest absolute Gasteiger partial charge is 0.304 e. The Labute approximate surface area is 65.4 Å². The van der Waals surface area contributed by atoms with Crippen LogP contribution >= 0.6 is 0 Å². The molecule has 0 aliphatic heterocycles. The van der Waals surface area contributed by atoms with Crippen LogP contribution in [0.2, 0.25) is 0 Å². The van der Waals surface area contributed by atoms with Crippen LogP contribution in [0.3, 0.4) is 0 Å². The number of hydrogen-bond donors (Lipinski definition) is 3. The predicted molar refractivity (Wildman–Crippen MR) is 39.7 cm³/mol. The van der Waals surface area contributed by atoms with E-state index in [1.54, 1.807) is 0 Å². The van der Waals surface area contributed by atoms with E-state index in [2.05, 4.69) is 0 Å². The molecule has 4 N–H and O–H groups in total. The Bertz CT molecular complexity index is 118. The van der Waals surface area contributed by atoms with E-state index in [1.807, 2.05) is 0 Å². The Balaban J connectivity index is 3.22. The van der Waals surface area contributed by atoms with Gasteiger partial charge in [-0.15, -0.1) is 0 Å². The quantitative estimate of drug-likeness (QED) is 0.345. The molecule has 0 aromatic heterocycles. The molecule has 0 aromatic carbocycles. The number of carboxylic acids is 1. The molecule has 0 spiro atoms. The molecule has 0 rings (SSSR count). The molecule has 0 saturated carbocycles. The van der Waals surface area contributed by atoms with Gasteiger partial charge in [-0.1, -0.05) is 0 Å². The lowest BCUT2D eigenvalue weighted by atomic mass is 10.4. The van der Waals surface area contributed by atoms with Gasteiger partial charge in [0.25, 0.3) is 0 Å². The third-order valence-corrected chi connectivity index (χ3v) is 1.22. The number of nitrogens with two attached hydrogens (primary N) is 1. The topological polar surface area (TPSA) is 86.8 Å². The minimum absolute atomic E-state index is 0.0436. The summed E-state index contributed by atoms with van der Waals surface area (Å²) in [5.41, 5.74) is 0. The number of nitrogens with zero attached hydrogens (tertiary/aromatic N) is 1. The summed E-state index contributed by atoms with van der Waals surface area (Å²) >= 11 is 0. The molecule has 66 valence electrons. The molecule has 5 heteroatoms. The third-order valence-electron chi connectivity index (χ3n) is 1.22. The third kappa shape index (κ3) is 7.24. The van der Waals surface area contributed by atoms with Crippen LogP contribution in [0.1, 0.15) is 12.8 Å². The highest BCUT2D eigenvalue weighted by Crippen LogP contribution is 1.86. The highest BCUT2D eigenvalue weighted by molar-refractivity contribution is 5.66. The molecule has 0 aromatic rings. The Morgan fingerprint density at radius 2 is 2.09 bits per heavy atom.